The van der Waals surface area contributed by atoms with Gasteiger partial charge in [0.05, 0.1) is 27.8 Å². The first kappa shape index (κ1) is 14.3. The number of rotatable bonds is 2. The predicted octanol–water partition coefficient (Wildman–Crippen LogP) is 2.74. The van der Waals surface area contributed by atoms with Gasteiger partial charge in [-0.25, -0.2) is 4.98 Å². The molecular weight excluding hydrogens is 308 g/mol. The summed E-state index contributed by atoms with van der Waals surface area (Å²) in [6.45, 7) is 0.476. The average Bonchev–Trinajstić information content (AvgIpc) is 3.03. The van der Waals surface area contributed by atoms with Gasteiger partial charge in [-0.3, -0.25) is 19.9 Å². The van der Waals surface area contributed by atoms with Crippen LogP contribution in [0.1, 0.15) is 16.1 Å². The van der Waals surface area contributed by atoms with Crippen LogP contribution in [-0.4, -0.2) is 27.3 Å². The van der Waals surface area contributed by atoms with E-state index in [2.05, 4.69) is 9.97 Å². The summed E-state index contributed by atoms with van der Waals surface area (Å²) in [5, 5.41) is 11.0. The van der Waals surface area contributed by atoms with Crippen molar-refractivity contribution in [2.45, 2.75) is 6.42 Å². The number of carbonyl (C=O) groups is 1. The molecule has 0 radical (unpaired) electrons. The third kappa shape index (κ3) is 2.26. The summed E-state index contributed by atoms with van der Waals surface area (Å²) >= 11 is 0. The maximum Gasteiger partial charge on any atom is 0.278 e. The molecule has 0 atom stereocenters. The molecule has 7 nitrogen and oxygen atoms in total. The molecule has 0 saturated carbocycles. The molecule has 2 heterocycles. The molecule has 118 valence electrons. The largest absolute Gasteiger partial charge is 0.306 e. The number of hydrogen-bond acceptors (Lipinski definition) is 5. The van der Waals surface area contributed by atoms with Crippen molar-refractivity contribution in [2.24, 2.45) is 0 Å². The van der Waals surface area contributed by atoms with Gasteiger partial charge in [0, 0.05) is 18.7 Å². The van der Waals surface area contributed by atoms with Gasteiger partial charge in [0.25, 0.3) is 11.6 Å². The van der Waals surface area contributed by atoms with E-state index < -0.39 is 4.92 Å². The molecule has 0 saturated heterocycles. The molecule has 4 rings (SSSR count). The smallest absolute Gasteiger partial charge is 0.278 e. The number of nitrogens with zero attached hydrogens (tertiary/aromatic N) is 4. The second-order valence-electron chi connectivity index (χ2n) is 5.52. The number of aromatic nitrogens is 2. The van der Waals surface area contributed by atoms with Gasteiger partial charge < -0.3 is 4.90 Å². The molecule has 3 aromatic rings. The standard InChI is InChI=1S/C17H12N4O3/c22-17(15-10-18-13-3-1-2-4-14(13)19-15)20-8-7-11-5-6-12(21(23)24)9-16(11)20/h1-6,9-10H,7-8H2. The lowest BCUT2D eigenvalue weighted by molar-refractivity contribution is -0.384. The summed E-state index contributed by atoms with van der Waals surface area (Å²) < 4.78 is 0. The summed E-state index contributed by atoms with van der Waals surface area (Å²) in [4.78, 5) is 33.4. The number of anilines is 1. The number of amides is 1. The Morgan fingerprint density at radius 2 is 1.96 bits per heavy atom. The zero-order valence-corrected chi connectivity index (χ0v) is 12.5. The maximum absolute atomic E-state index is 12.8. The average molecular weight is 320 g/mol. The Morgan fingerprint density at radius 3 is 2.75 bits per heavy atom. The van der Waals surface area contributed by atoms with Crippen LogP contribution in [0.25, 0.3) is 11.0 Å². The number of carbonyl (C=O) groups excluding carboxylic acids is 1. The van der Waals surface area contributed by atoms with Gasteiger partial charge in [-0.2, -0.15) is 0 Å². The highest BCUT2D eigenvalue weighted by Gasteiger charge is 2.28. The van der Waals surface area contributed by atoms with E-state index in [4.69, 9.17) is 0 Å². The van der Waals surface area contributed by atoms with Crippen LogP contribution >= 0.6 is 0 Å². The molecule has 1 aliphatic heterocycles. The predicted molar refractivity (Wildman–Crippen MR) is 88.0 cm³/mol. The van der Waals surface area contributed by atoms with Crippen LogP contribution in [0, 0.1) is 10.1 Å². The van der Waals surface area contributed by atoms with Crippen LogP contribution < -0.4 is 4.90 Å². The molecule has 0 N–H and O–H groups in total. The van der Waals surface area contributed by atoms with E-state index in [0.717, 1.165) is 5.56 Å². The minimum atomic E-state index is -0.461. The van der Waals surface area contributed by atoms with E-state index in [1.807, 2.05) is 18.2 Å². The van der Waals surface area contributed by atoms with Crippen molar-refractivity contribution in [1.82, 2.24) is 9.97 Å². The van der Waals surface area contributed by atoms with Crippen molar-refractivity contribution in [3.05, 3.63) is 70.0 Å². The van der Waals surface area contributed by atoms with Gasteiger partial charge >= 0.3 is 0 Å². The van der Waals surface area contributed by atoms with Crippen molar-refractivity contribution in [3.63, 3.8) is 0 Å². The number of non-ortho nitro benzene ring substituents is 1. The van der Waals surface area contributed by atoms with Crippen LogP contribution in [-0.2, 0) is 6.42 Å². The topological polar surface area (TPSA) is 89.2 Å². The summed E-state index contributed by atoms with van der Waals surface area (Å²) in [6.07, 6.45) is 2.11. The second-order valence-corrected chi connectivity index (χ2v) is 5.52. The fourth-order valence-electron chi connectivity index (χ4n) is 2.89. The Labute approximate surface area is 136 Å². The van der Waals surface area contributed by atoms with Crippen LogP contribution in [0.3, 0.4) is 0 Å². The van der Waals surface area contributed by atoms with E-state index in [-0.39, 0.29) is 17.3 Å². The first-order valence-corrected chi connectivity index (χ1v) is 7.44. The van der Waals surface area contributed by atoms with E-state index in [0.29, 0.717) is 29.7 Å². The quantitative estimate of drug-likeness (QED) is 0.535. The summed E-state index contributed by atoms with van der Waals surface area (Å²) in [6, 6.07) is 11.9. The Kier molecular flexibility index (Phi) is 3.19. The number of hydrogen-bond donors (Lipinski definition) is 0. The molecule has 7 heteroatoms. The van der Waals surface area contributed by atoms with Crippen LogP contribution in [0.15, 0.2) is 48.7 Å². The van der Waals surface area contributed by atoms with Gasteiger partial charge in [-0.15, -0.1) is 0 Å². The van der Waals surface area contributed by atoms with E-state index >= 15 is 0 Å². The molecule has 1 amide bonds. The van der Waals surface area contributed by atoms with Crippen molar-refractivity contribution in [3.8, 4) is 0 Å². The van der Waals surface area contributed by atoms with Crippen LogP contribution in [0.2, 0.25) is 0 Å². The van der Waals surface area contributed by atoms with E-state index in [1.165, 1.54) is 23.2 Å². The fourth-order valence-corrected chi connectivity index (χ4v) is 2.89. The molecule has 24 heavy (non-hydrogen) atoms. The maximum atomic E-state index is 12.8. The lowest BCUT2D eigenvalue weighted by Gasteiger charge is -2.16. The molecule has 2 aromatic carbocycles. The van der Waals surface area contributed by atoms with Crippen LogP contribution in [0.4, 0.5) is 11.4 Å². The zero-order valence-electron chi connectivity index (χ0n) is 12.5. The van der Waals surface area contributed by atoms with Crippen molar-refractivity contribution in [2.75, 3.05) is 11.4 Å². The monoisotopic (exact) mass is 320 g/mol. The van der Waals surface area contributed by atoms with E-state index in [1.54, 1.807) is 12.1 Å². The highest BCUT2D eigenvalue weighted by Crippen LogP contribution is 2.32. The lowest BCUT2D eigenvalue weighted by Crippen LogP contribution is -2.29. The number of para-hydroxylation sites is 2. The lowest BCUT2D eigenvalue weighted by atomic mass is 10.1. The first-order valence-electron chi connectivity index (χ1n) is 7.44. The SMILES string of the molecule is O=C(c1cnc2ccccc2n1)N1CCc2ccc([N+](=O)[O-])cc21. The summed E-state index contributed by atoms with van der Waals surface area (Å²) in [7, 11) is 0. The highest BCUT2D eigenvalue weighted by molar-refractivity contribution is 6.06. The minimum Gasteiger partial charge on any atom is -0.306 e. The molecule has 0 spiro atoms. The van der Waals surface area contributed by atoms with Crippen molar-refractivity contribution < 1.29 is 9.72 Å². The number of fused-ring (bicyclic) bond motifs is 2. The highest BCUT2D eigenvalue weighted by atomic mass is 16.6. The van der Waals surface area contributed by atoms with Gasteiger partial charge in [0.1, 0.15) is 5.69 Å². The van der Waals surface area contributed by atoms with Crippen LogP contribution in [0.5, 0.6) is 0 Å². The molecule has 0 bridgehead atoms. The van der Waals surface area contributed by atoms with Crippen molar-refractivity contribution in [1.29, 1.82) is 0 Å². The Hall–Kier alpha value is -3.35. The number of benzene rings is 2. The number of nitro benzene ring substituents is 1. The second kappa shape index (κ2) is 5.38. The van der Waals surface area contributed by atoms with Crippen molar-refractivity contribution >= 4 is 28.3 Å². The Morgan fingerprint density at radius 1 is 1.17 bits per heavy atom. The number of nitro groups is 1. The molecule has 0 fully saturated rings. The third-order valence-electron chi connectivity index (χ3n) is 4.09. The summed E-state index contributed by atoms with van der Waals surface area (Å²) in [5.41, 5.74) is 3.05. The van der Waals surface area contributed by atoms with Gasteiger partial charge in [-0.1, -0.05) is 18.2 Å². The molecule has 1 aliphatic rings. The van der Waals surface area contributed by atoms with Gasteiger partial charge in [0.15, 0.2) is 0 Å². The molecule has 1 aromatic heterocycles. The fraction of sp³-hybridized carbons (Fsp3) is 0.118. The minimum absolute atomic E-state index is 0.0296. The van der Waals surface area contributed by atoms with Gasteiger partial charge in [-0.05, 0) is 24.1 Å². The van der Waals surface area contributed by atoms with E-state index in [9.17, 15) is 14.9 Å². The van der Waals surface area contributed by atoms with Gasteiger partial charge in [0.2, 0.25) is 0 Å². The normalized spacial score (nSPS) is 13.1. The first-order chi connectivity index (χ1) is 11.6. The Balaban J connectivity index is 1.73. The molecular formula is C17H12N4O3. The molecule has 0 unspecified atom stereocenters. The summed E-state index contributed by atoms with van der Waals surface area (Å²) in [5.74, 6) is -0.299. The Bertz CT molecular complexity index is 986. The zero-order chi connectivity index (χ0) is 16.7. The third-order valence-corrected chi connectivity index (χ3v) is 4.09. The molecule has 0 aliphatic carbocycles.